The van der Waals surface area contributed by atoms with Crippen LogP contribution in [-0.4, -0.2) is 24.6 Å². The van der Waals surface area contributed by atoms with Gasteiger partial charge < -0.3 is 0 Å². The van der Waals surface area contributed by atoms with Gasteiger partial charge >= 0.3 is 0 Å². The lowest BCUT2D eigenvalue weighted by Gasteiger charge is -2.02. The number of sulfone groups is 1. The summed E-state index contributed by atoms with van der Waals surface area (Å²) in [4.78, 5) is 13.6. The normalized spacial score (nSPS) is 11.3. The van der Waals surface area contributed by atoms with Gasteiger partial charge in [-0.25, -0.2) is 8.42 Å². The van der Waals surface area contributed by atoms with Crippen molar-refractivity contribution in [3.8, 4) is 0 Å². The summed E-state index contributed by atoms with van der Waals surface area (Å²) in [5.74, 6) is -0.198. The average Bonchev–Trinajstić information content (AvgIpc) is 2.05. The van der Waals surface area contributed by atoms with Gasteiger partial charge in [0.2, 0.25) is 0 Å². The van der Waals surface area contributed by atoms with E-state index in [4.69, 9.17) is 0 Å². The molecular weight excluding hydrogens is 220 g/mol. The van der Waals surface area contributed by atoms with Gasteiger partial charge in [-0.2, -0.15) is 0 Å². The van der Waals surface area contributed by atoms with Crippen molar-refractivity contribution in [3.05, 3.63) is 33.6 Å². The molecule has 0 radical (unpaired) electrons. The molecule has 0 aromatic carbocycles. The molecule has 0 amide bonds. The fraction of sp³-hybridized carbons (Fsp3) is 0.375. The van der Waals surface area contributed by atoms with E-state index in [1.165, 1.54) is 6.07 Å². The second-order valence-corrected chi connectivity index (χ2v) is 5.42. The van der Waals surface area contributed by atoms with Crippen molar-refractivity contribution in [3.63, 3.8) is 0 Å². The fourth-order valence-electron chi connectivity index (χ4n) is 1.09. The molecule has 1 aromatic heterocycles. The van der Waals surface area contributed by atoms with Crippen LogP contribution < -0.4 is 0 Å². The van der Waals surface area contributed by atoms with Gasteiger partial charge in [0.15, 0.2) is 9.84 Å². The van der Waals surface area contributed by atoms with E-state index in [9.17, 15) is 18.5 Å². The van der Waals surface area contributed by atoms with E-state index in [1.807, 2.05) is 0 Å². The molecule has 15 heavy (non-hydrogen) atoms. The number of nitrogens with zero attached hydrogens (tertiary/aromatic N) is 2. The molecule has 0 saturated heterocycles. The Labute approximate surface area is 87.0 Å². The van der Waals surface area contributed by atoms with Gasteiger partial charge in [0, 0.05) is 12.3 Å². The van der Waals surface area contributed by atoms with E-state index in [1.54, 1.807) is 6.92 Å². The minimum absolute atomic E-state index is 0.134. The summed E-state index contributed by atoms with van der Waals surface area (Å²) in [6.07, 6.45) is 2.16. The summed E-state index contributed by atoms with van der Waals surface area (Å²) in [5, 5.41) is 10.4. The zero-order valence-electron chi connectivity index (χ0n) is 8.30. The predicted octanol–water partition coefficient (Wildman–Crippen LogP) is 0.843. The lowest BCUT2D eigenvalue weighted by Crippen LogP contribution is -2.05. The Bertz CT molecular complexity index is 495. The van der Waals surface area contributed by atoms with E-state index in [0.717, 1.165) is 12.5 Å². The first-order chi connectivity index (χ1) is 6.79. The minimum Gasteiger partial charge on any atom is -0.258 e. The Morgan fingerprint density at radius 1 is 1.53 bits per heavy atom. The third kappa shape index (κ3) is 3.28. The Hall–Kier alpha value is -1.50. The first-order valence-corrected chi connectivity index (χ1v) is 6.13. The molecule has 0 aliphatic rings. The molecule has 7 heteroatoms. The minimum atomic E-state index is -3.17. The molecule has 0 fully saturated rings. The molecule has 6 nitrogen and oxygen atoms in total. The summed E-state index contributed by atoms with van der Waals surface area (Å²) in [6, 6.07) is 1.31. The number of hydrogen-bond acceptors (Lipinski definition) is 5. The number of aryl methyl sites for hydroxylation is 1. The van der Waals surface area contributed by atoms with E-state index >= 15 is 0 Å². The maximum Gasteiger partial charge on any atom is 0.287 e. The van der Waals surface area contributed by atoms with Crippen LogP contribution in [0.2, 0.25) is 0 Å². The van der Waals surface area contributed by atoms with Crippen LogP contribution in [0.1, 0.15) is 11.3 Å². The molecule has 0 bridgehead atoms. The highest BCUT2D eigenvalue weighted by Gasteiger charge is 2.12. The van der Waals surface area contributed by atoms with Gasteiger partial charge in [0.05, 0.1) is 16.4 Å². The molecule has 0 unspecified atom stereocenters. The highest BCUT2D eigenvalue weighted by Crippen LogP contribution is 2.15. The van der Waals surface area contributed by atoms with Crippen LogP contribution >= 0.6 is 0 Å². The highest BCUT2D eigenvalue weighted by atomic mass is 32.2. The molecule has 1 rings (SSSR count). The van der Waals surface area contributed by atoms with Crippen LogP contribution in [0.3, 0.4) is 0 Å². The molecular formula is C8H10N2O4S. The van der Waals surface area contributed by atoms with Crippen molar-refractivity contribution < 1.29 is 13.3 Å². The van der Waals surface area contributed by atoms with Crippen LogP contribution in [0.25, 0.3) is 0 Å². The molecule has 0 spiro atoms. The average molecular weight is 230 g/mol. The SMILES string of the molecule is Cc1cc([N+](=O)[O-])cnc1CS(C)(=O)=O. The molecule has 0 N–H and O–H groups in total. The van der Waals surface area contributed by atoms with Crippen LogP contribution in [0.15, 0.2) is 12.3 Å². The van der Waals surface area contributed by atoms with E-state index < -0.39 is 14.8 Å². The summed E-state index contributed by atoms with van der Waals surface area (Å²) in [5.41, 5.74) is 0.725. The number of nitro groups is 1. The third-order valence-electron chi connectivity index (χ3n) is 1.78. The number of pyridine rings is 1. The molecule has 0 saturated carbocycles. The van der Waals surface area contributed by atoms with Gasteiger partial charge in [-0.1, -0.05) is 0 Å². The lowest BCUT2D eigenvalue weighted by atomic mass is 10.2. The third-order valence-corrected chi connectivity index (χ3v) is 2.58. The fourth-order valence-corrected chi connectivity index (χ4v) is 1.89. The van der Waals surface area contributed by atoms with Crippen molar-refractivity contribution >= 4 is 15.5 Å². The summed E-state index contributed by atoms with van der Waals surface area (Å²) in [6.45, 7) is 1.60. The quantitative estimate of drug-likeness (QED) is 0.567. The van der Waals surface area contributed by atoms with Gasteiger partial charge in [0.25, 0.3) is 5.69 Å². The van der Waals surface area contributed by atoms with Crippen LogP contribution in [0, 0.1) is 17.0 Å². The van der Waals surface area contributed by atoms with Crippen molar-refractivity contribution in [1.82, 2.24) is 4.98 Å². The Morgan fingerprint density at radius 3 is 2.53 bits per heavy atom. The van der Waals surface area contributed by atoms with Crippen LogP contribution in [0.5, 0.6) is 0 Å². The lowest BCUT2D eigenvalue weighted by molar-refractivity contribution is -0.385. The monoisotopic (exact) mass is 230 g/mol. The summed E-state index contributed by atoms with van der Waals surface area (Å²) >= 11 is 0. The second kappa shape index (κ2) is 3.93. The molecule has 0 atom stereocenters. The number of rotatable bonds is 3. The maximum atomic E-state index is 11.0. The zero-order chi connectivity index (χ0) is 11.6. The van der Waals surface area contributed by atoms with Gasteiger partial charge in [-0.05, 0) is 12.5 Å². The summed E-state index contributed by atoms with van der Waals surface area (Å²) in [7, 11) is -3.17. The van der Waals surface area contributed by atoms with Crippen LogP contribution in [0.4, 0.5) is 5.69 Å². The number of hydrogen-bond donors (Lipinski definition) is 0. The second-order valence-electron chi connectivity index (χ2n) is 3.28. The van der Waals surface area contributed by atoms with Gasteiger partial charge in [0.1, 0.15) is 6.20 Å². The van der Waals surface area contributed by atoms with Crippen molar-refractivity contribution in [2.45, 2.75) is 12.7 Å². The smallest absolute Gasteiger partial charge is 0.258 e. The topological polar surface area (TPSA) is 90.2 Å². The van der Waals surface area contributed by atoms with E-state index in [0.29, 0.717) is 11.3 Å². The van der Waals surface area contributed by atoms with E-state index in [-0.39, 0.29) is 11.4 Å². The molecule has 1 heterocycles. The van der Waals surface area contributed by atoms with Crippen molar-refractivity contribution in [2.24, 2.45) is 0 Å². The largest absolute Gasteiger partial charge is 0.287 e. The van der Waals surface area contributed by atoms with Crippen molar-refractivity contribution in [2.75, 3.05) is 6.26 Å². The number of aromatic nitrogens is 1. The molecule has 1 aromatic rings. The molecule has 0 aliphatic heterocycles. The first-order valence-electron chi connectivity index (χ1n) is 4.07. The Morgan fingerprint density at radius 2 is 2.13 bits per heavy atom. The van der Waals surface area contributed by atoms with Gasteiger partial charge in [-0.3, -0.25) is 15.1 Å². The molecule has 0 aliphatic carbocycles. The van der Waals surface area contributed by atoms with Gasteiger partial charge in [-0.15, -0.1) is 0 Å². The highest BCUT2D eigenvalue weighted by molar-refractivity contribution is 7.89. The van der Waals surface area contributed by atoms with Crippen LogP contribution in [-0.2, 0) is 15.6 Å². The maximum absolute atomic E-state index is 11.0. The molecule has 82 valence electrons. The Kier molecular flexibility index (Phi) is 3.04. The zero-order valence-corrected chi connectivity index (χ0v) is 9.11. The standard InChI is InChI=1S/C8H10N2O4S/c1-6-3-7(10(11)12)4-9-8(6)5-15(2,13)14/h3-4H,5H2,1-2H3. The first kappa shape index (κ1) is 11.6. The predicted molar refractivity (Wildman–Crippen MR) is 54.2 cm³/mol. The van der Waals surface area contributed by atoms with Crippen molar-refractivity contribution in [1.29, 1.82) is 0 Å². The summed E-state index contributed by atoms with van der Waals surface area (Å²) < 4.78 is 22.0. The van der Waals surface area contributed by atoms with E-state index in [2.05, 4.69) is 4.98 Å². The Balaban J connectivity index is 3.09.